The highest BCUT2D eigenvalue weighted by Gasteiger charge is 2.33. The van der Waals surface area contributed by atoms with Crippen molar-refractivity contribution >= 4 is 21.6 Å². The number of carbonyl (C=O) groups excluding carboxylic acids is 1. The fraction of sp³-hybridized carbons (Fsp3) is 0.444. The number of hydrogen-bond acceptors (Lipinski definition) is 6. The number of imidazole rings is 1. The van der Waals surface area contributed by atoms with E-state index in [0.717, 1.165) is 0 Å². The van der Waals surface area contributed by atoms with Gasteiger partial charge in [0.2, 0.25) is 5.91 Å². The summed E-state index contributed by atoms with van der Waals surface area (Å²) >= 11 is 0. The van der Waals surface area contributed by atoms with Gasteiger partial charge in [-0.15, -0.1) is 0 Å². The van der Waals surface area contributed by atoms with Crippen molar-refractivity contribution in [3.63, 3.8) is 0 Å². The lowest BCUT2D eigenvalue weighted by molar-refractivity contribution is -0.120. The predicted octanol–water partition coefficient (Wildman–Crippen LogP) is 1.23. The summed E-state index contributed by atoms with van der Waals surface area (Å²) in [6, 6.07) is 5.28. The molecule has 1 aromatic heterocycles. The Hall–Kier alpha value is -2.59. The standard InChI is InChI=1S/C18H22N4O5S/c1-21-11-17(19-12-21)28(24,25)22-6-4-13(5-7-22)18(23)20-14-2-3-15-16(10-14)27-9-8-26-15/h2-3,10-13H,4-9H2,1H3,(H,20,23). The summed E-state index contributed by atoms with van der Waals surface area (Å²) in [5.41, 5.74) is 0.637. The summed E-state index contributed by atoms with van der Waals surface area (Å²) in [6.07, 6.45) is 3.86. The van der Waals surface area contributed by atoms with Gasteiger partial charge in [0.05, 0.1) is 6.33 Å². The zero-order valence-corrected chi connectivity index (χ0v) is 16.3. The van der Waals surface area contributed by atoms with Crippen LogP contribution >= 0.6 is 0 Å². The van der Waals surface area contributed by atoms with Crippen LogP contribution in [0.5, 0.6) is 11.5 Å². The number of carbonyl (C=O) groups is 1. The molecule has 1 aromatic carbocycles. The normalized spacial score (nSPS) is 18.0. The molecule has 2 aromatic rings. The van der Waals surface area contributed by atoms with E-state index in [4.69, 9.17) is 9.47 Å². The highest BCUT2D eigenvalue weighted by atomic mass is 32.2. The first-order chi connectivity index (χ1) is 13.4. The SMILES string of the molecule is Cn1cnc(S(=O)(=O)N2CCC(C(=O)Nc3ccc4c(c3)OCCO4)CC2)c1. The van der Waals surface area contributed by atoms with Gasteiger partial charge in [0.1, 0.15) is 13.2 Å². The Morgan fingerprint density at radius 1 is 1.18 bits per heavy atom. The van der Waals surface area contributed by atoms with Gasteiger partial charge < -0.3 is 19.4 Å². The summed E-state index contributed by atoms with van der Waals surface area (Å²) in [5.74, 6) is 0.910. The molecule has 0 aliphatic carbocycles. The molecular weight excluding hydrogens is 384 g/mol. The lowest BCUT2D eigenvalue weighted by Gasteiger charge is -2.30. The van der Waals surface area contributed by atoms with Crippen molar-refractivity contribution in [3.8, 4) is 11.5 Å². The molecule has 28 heavy (non-hydrogen) atoms. The number of aryl methyl sites for hydroxylation is 1. The van der Waals surface area contributed by atoms with Crippen LogP contribution in [0.25, 0.3) is 0 Å². The Bertz CT molecular complexity index is 980. The van der Waals surface area contributed by atoms with Gasteiger partial charge in [-0.3, -0.25) is 4.79 Å². The van der Waals surface area contributed by atoms with Crippen molar-refractivity contribution in [1.29, 1.82) is 0 Å². The molecule has 0 unspecified atom stereocenters. The van der Waals surface area contributed by atoms with Crippen LogP contribution in [0.3, 0.4) is 0 Å². The third kappa shape index (κ3) is 3.69. The number of hydrogen-bond donors (Lipinski definition) is 1. The molecule has 1 amide bonds. The summed E-state index contributed by atoms with van der Waals surface area (Å²) < 4.78 is 39.3. The van der Waals surface area contributed by atoms with Gasteiger partial charge in [-0.2, -0.15) is 4.31 Å². The molecule has 0 spiro atoms. The number of nitrogens with one attached hydrogen (secondary N) is 1. The van der Waals surface area contributed by atoms with Gasteiger partial charge in [0.15, 0.2) is 16.5 Å². The van der Waals surface area contributed by atoms with E-state index >= 15 is 0 Å². The van der Waals surface area contributed by atoms with E-state index in [0.29, 0.717) is 43.2 Å². The average molecular weight is 406 g/mol. The maximum atomic E-state index is 12.6. The van der Waals surface area contributed by atoms with Crippen molar-refractivity contribution in [2.45, 2.75) is 17.9 Å². The second kappa shape index (κ2) is 7.44. The maximum Gasteiger partial charge on any atom is 0.262 e. The topological polar surface area (TPSA) is 103 Å². The number of nitrogens with zero attached hydrogens (tertiary/aromatic N) is 3. The quantitative estimate of drug-likeness (QED) is 0.819. The second-order valence-corrected chi connectivity index (χ2v) is 8.79. The number of ether oxygens (including phenoxy) is 2. The van der Waals surface area contributed by atoms with Gasteiger partial charge in [-0.1, -0.05) is 0 Å². The lowest BCUT2D eigenvalue weighted by Crippen LogP contribution is -2.41. The Morgan fingerprint density at radius 3 is 2.57 bits per heavy atom. The van der Waals surface area contributed by atoms with Crippen molar-refractivity contribution < 1.29 is 22.7 Å². The number of piperidine rings is 1. The molecule has 10 heteroatoms. The molecule has 0 radical (unpaired) electrons. The maximum absolute atomic E-state index is 12.6. The molecule has 0 saturated carbocycles. The summed E-state index contributed by atoms with van der Waals surface area (Å²) in [4.78, 5) is 16.5. The number of fused-ring (bicyclic) bond motifs is 1. The van der Waals surface area contributed by atoms with Crippen LogP contribution in [-0.2, 0) is 21.9 Å². The Morgan fingerprint density at radius 2 is 1.89 bits per heavy atom. The summed E-state index contributed by atoms with van der Waals surface area (Å²) in [7, 11) is -1.90. The van der Waals surface area contributed by atoms with E-state index in [2.05, 4.69) is 10.3 Å². The molecule has 1 saturated heterocycles. The minimum atomic E-state index is -3.62. The predicted molar refractivity (Wildman–Crippen MR) is 101 cm³/mol. The molecule has 9 nitrogen and oxygen atoms in total. The molecule has 0 bridgehead atoms. The number of aromatic nitrogens is 2. The van der Waals surface area contributed by atoms with Crippen molar-refractivity contribution in [2.75, 3.05) is 31.6 Å². The molecule has 0 atom stereocenters. The average Bonchev–Trinajstić information content (AvgIpc) is 3.15. The van der Waals surface area contributed by atoms with Crippen LogP contribution in [0.4, 0.5) is 5.69 Å². The summed E-state index contributed by atoms with van der Waals surface area (Å²) in [6.45, 7) is 1.57. The fourth-order valence-corrected chi connectivity index (χ4v) is 4.81. The van der Waals surface area contributed by atoms with Crippen molar-refractivity contribution in [1.82, 2.24) is 13.9 Å². The Kier molecular flexibility index (Phi) is 4.98. The molecule has 2 aliphatic rings. The van der Waals surface area contributed by atoms with Crippen LogP contribution in [0.15, 0.2) is 35.7 Å². The van der Waals surface area contributed by atoms with E-state index < -0.39 is 10.0 Å². The number of anilines is 1. The lowest BCUT2D eigenvalue weighted by atomic mass is 9.97. The minimum absolute atomic E-state index is 0.0363. The number of sulfonamides is 1. The van der Waals surface area contributed by atoms with E-state index in [1.807, 2.05) is 0 Å². The monoisotopic (exact) mass is 406 g/mol. The zero-order chi connectivity index (χ0) is 19.7. The van der Waals surface area contributed by atoms with Crippen LogP contribution in [-0.4, -0.2) is 54.5 Å². The minimum Gasteiger partial charge on any atom is -0.486 e. The largest absolute Gasteiger partial charge is 0.486 e. The Labute approximate surface area is 163 Å². The third-order valence-electron chi connectivity index (χ3n) is 4.92. The van der Waals surface area contributed by atoms with E-state index in [-0.39, 0.29) is 29.9 Å². The van der Waals surface area contributed by atoms with Crippen molar-refractivity contribution in [2.24, 2.45) is 13.0 Å². The molecular formula is C18H22N4O5S. The van der Waals surface area contributed by atoms with E-state index in [1.54, 1.807) is 29.8 Å². The number of amides is 1. The number of rotatable bonds is 4. The van der Waals surface area contributed by atoms with Gasteiger partial charge >= 0.3 is 0 Å². The fourth-order valence-electron chi connectivity index (χ4n) is 3.38. The first-order valence-corrected chi connectivity index (χ1v) is 10.6. The zero-order valence-electron chi connectivity index (χ0n) is 15.5. The third-order valence-corrected chi connectivity index (χ3v) is 6.70. The first-order valence-electron chi connectivity index (χ1n) is 9.12. The van der Waals surface area contributed by atoms with E-state index in [1.165, 1.54) is 16.8 Å². The molecule has 2 aliphatic heterocycles. The van der Waals surface area contributed by atoms with Gasteiger partial charge in [-0.25, -0.2) is 13.4 Å². The number of benzene rings is 1. The Balaban J connectivity index is 1.36. The second-order valence-electron chi connectivity index (χ2n) is 6.90. The molecule has 150 valence electrons. The van der Waals surface area contributed by atoms with Crippen molar-refractivity contribution in [3.05, 3.63) is 30.7 Å². The van der Waals surface area contributed by atoms with Gasteiger partial charge in [-0.05, 0) is 25.0 Å². The van der Waals surface area contributed by atoms with Crippen LogP contribution < -0.4 is 14.8 Å². The summed E-state index contributed by atoms with van der Waals surface area (Å²) in [5, 5.41) is 2.93. The highest BCUT2D eigenvalue weighted by Crippen LogP contribution is 2.33. The van der Waals surface area contributed by atoms with Crippen LogP contribution in [0.1, 0.15) is 12.8 Å². The van der Waals surface area contributed by atoms with Crippen LogP contribution in [0, 0.1) is 5.92 Å². The van der Waals surface area contributed by atoms with Gasteiger partial charge in [0.25, 0.3) is 10.0 Å². The smallest absolute Gasteiger partial charge is 0.262 e. The molecule has 3 heterocycles. The van der Waals surface area contributed by atoms with Gasteiger partial charge in [0, 0.05) is 44.0 Å². The molecule has 4 rings (SSSR count). The molecule has 1 fully saturated rings. The highest BCUT2D eigenvalue weighted by molar-refractivity contribution is 7.89. The van der Waals surface area contributed by atoms with Crippen LogP contribution in [0.2, 0.25) is 0 Å². The molecule has 1 N–H and O–H groups in total. The first kappa shape index (κ1) is 18.8. The van der Waals surface area contributed by atoms with E-state index in [9.17, 15) is 13.2 Å².